The van der Waals surface area contributed by atoms with E-state index in [1.807, 2.05) is 0 Å². The molecule has 2 rings (SSSR count). The second kappa shape index (κ2) is 2.51. The molecular formula is C8H14O2. The van der Waals surface area contributed by atoms with Crippen LogP contribution < -0.4 is 0 Å². The summed E-state index contributed by atoms with van der Waals surface area (Å²) in [4.78, 5) is 0. The van der Waals surface area contributed by atoms with Gasteiger partial charge in [0.1, 0.15) is 0 Å². The zero-order chi connectivity index (χ0) is 6.97. The molecule has 1 N–H and O–H groups in total. The van der Waals surface area contributed by atoms with E-state index in [0.29, 0.717) is 12.0 Å². The average molecular weight is 142 g/mol. The topological polar surface area (TPSA) is 32.8 Å². The zero-order valence-electron chi connectivity index (χ0n) is 6.12. The van der Waals surface area contributed by atoms with Gasteiger partial charge in [0.05, 0.1) is 18.8 Å². The molecule has 0 aromatic heterocycles. The number of epoxide rings is 1. The van der Waals surface area contributed by atoms with Crippen molar-refractivity contribution in [3.05, 3.63) is 0 Å². The van der Waals surface area contributed by atoms with E-state index in [0.717, 1.165) is 13.0 Å². The van der Waals surface area contributed by atoms with Gasteiger partial charge in [-0.05, 0) is 31.6 Å². The van der Waals surface area contributed by atoms with Gasteiger partial charge < -0.3 is 9.84 Å². The largest absolute Gasteiger partial charge is 0.393 e. The van der Waals surface area contributed by atoms with Crippen LogP contribution in [0.5, 0.6) is 0 Å². The molecule has 0 aromatic rings. The van der Waals surface area contributed by atoms with E-state index in [2.05, 4.69) is 0 Å². The first kappa shape index (κ1) is 6.62. The first-order chi connectivity index (χ1) is 4.86. The van der Waals surface area contributed by atoms with E-state index in [1.54, 1.807) is 0 Å². The van der Waals surface area contributed by atoms with Crippen molar-refractivity contribution < 1.29 is 9.84 Å². The zero-order valence-corrected chi connectivity index (χ0v) is 6.12. The fourth-order valence-corrected chi connectivity index (χ4v) is 1.52. The molecule has 0 spiro atoms. The minimum Gasteiger partial charge on any atom is -0.393 e. The molecule has 1 aliphatic carbocycles. The Bertz CT molecular complexity index is 120. The second-order valence-electron chi connectivity index (χ2n) is 3.44. The number of hydrogen-bond donors (Lipinski definition) is 1. The molecular weight excluding hydrogens is 128 g/mol. The van der Waals surface area contributed by atoms with Crippen LogP contribution in [-0.2, 0) is 4.74 Å². The third-order valence-corrected chi connectivity index (χ3v) is 2.64. The molecule has 3 atom stereocenters. The van der Waals surface area contributed by atoms with Gasteiger partial charge in [-0.3, -0.25) is 0 Å². The van der Waals surface area contributed by atoms with Crippen LogP contribution in [0.15, 0.2) is 0 Å². The average Bonchev–Trinajstić information content (AvgIpc) is 2.69. The predicted molar refractivity (Wildman–Crippen MR) is 37.7 cm³/mol. The molecule has 3 unspecified atom stereocenters. The summed E-state index contributed by atoms with van der Waals surface area (Å²) < 4.78 is 5.08. The molecule has 2 fully saturated rings. The van der Waals surface area contributed by atoms with Crippen molar-refractivity contribution in [1.29, 1.82) is 0 Å². The van der Waals surface area contributed by atoms with Crippen LogP contribution in [0.1, 0.15) is 25.7 Å². The molecule has 10 heavy (non-hydrogen) atoms. The maximum Gasteiger partial charge on any atom is 0.0810 e. The summed E-state index contributed by atoms with van der Waals surface area (Å²) in [6, 6.07) is 0. The van der Waals surface area contributed by atoms with Crippen molar-refractivity contribution in [2.75, 3.05) is 6.61 Å². The standard InChI is InChI=1S/C8H14O2/c9-8-4-2-6(8)1-3-7-5-10-7/h6-9H,1-5H2. The minimum atomic E-state index is 0.0127. The number of rotatable bonds is 3. The molecule has 2 aliphatic rings. The Morgan fingerprint density at radius 3 is 2.50 bits per heavy atom. The van der Waals surface area contributed by atoms with Crippen molar-refractivity contribution in [2.45, 2.75) is 37.9 Å². The van der Waals surface area contributed by atoms with Gasteiger partial charge in [0, 0.05) is 0 Å². The molecule has 0 amide bonds. The molecule has 0 bridgehead atoms. The van der Waals surface area contributed by atoms with Gasteiger partial charge in [0.2, 0.25) is 0 Å². The summed E-state index contributed by atoms with van der Waals surface area (Å²) in [5, 5.41) is 9.20. The molecule has 2 nitrogen and oxygen atoms in total. The first-order valence-corrected chi connectivity index (χ1v) is 4.16. The Labute approximate surface area is 61.2 Å². The SMILES string of the molecule is OC1CCC1CCC1CO1. The Hall–Kier alpha value is -0.0800. The monoisotopic (exact) mass is 142 g/mol. The lowest BCUT2D eigenvalue weighted by atomic mass is 9.79. The normalized spacial score (nSPS) is 44.7. The Balaban J connectivity index is 1.60. The van der Waals surface area contributed by atoms with Gasteiger partial charge in [-0.25, -0.2) is 0 Å². The smallest absolute Gasteiger partial charge is 0.0810 e. The summed E-state index contributed by atoms with van der Waals surface area (Å²) in [5.41, 5.74) is 0. The van der Waals surface area contributed by atoms with Crippen LogP contribution in [-0.4, -0.2) is 23.9 Å². The molecule has 2 heteroatoms. The van der Waals surface area contributed by atoms with E-state index >= 15 is 0 Å². The Morgan fingerprint density at radius 1 is 1.30 bits per heavy atom. The number of hydrogen-bond acceptors (Lipinski definition) is 2. The second-order valence-corrected chi connectivity index (χ2v) is 3.44. The summed E-state index contributed by atoms with van der Waals surface area (Å²) in [6.07, 6.45) is 5.16. The highest BCUT2D eigenvalue weighted by Gasteiger charge is 2.31. The maximum absolute atomic E-state index is 9.20. The lowest BCUT2D eigenvalue weighted by Crippen LogP contribution is -2.31. The van der Waals surface area contributed by atoms with Crippen molar-refractivity contribution >= 4 is 0 Å². The van der Waals surface area contributed by atoms with E-state index in [4.69, 9.17) is 4.74 Å². The third-order valence-electron chi connectivity index (χ3n) is 2.64. The van der Waals surface area contributed by atoms with Crippen LogP contribution in [0.25, 0.3) is 0 Å². The van der Waals surface area contributed by atoms with Gasteiger partial charge in [-0.1, -0.05) is 0 Å². The van der Waals surface area contributed by atoms with Crippen LogP contribution in [0.3, 0.4) is 0 Å². The highest BCUT2D eigenvalue weighted by Crippen LogP contribution is 2.33. The number of aliphatic hydroxyl groups is 1. The van der Waals surface area contributed by atoms with E-state index in [9.17, 15) is 5.11 Å². The van der Waals surface area contributed by atoms with Gasteiger partial charge >= 0.3 is 0 Å². The molecule has 0 aromatic carbocycles. The summed E-state index contributed by atoms with van der Waals surface area (Å²) in [6.45, 7) is 0.961. The van der Waals surface area contributed by atoms with E-state index in [1.165, 1.54) is 19.3 Å². The van der Waals surface area contributed by atoms with Crippen LogP contribution in [0, 0.1) is 5.92 Å². The molecule has 1 aliphatic heterocycles. The lowest BCUT2D eigenvalue weighted by Gasteiger charge is -2.32. The summed E-state index contributed by atoms with van der Waals surface area (Å²) >= 11 is 0. The Morgan fingerprint density at radius 2 is 2.10 bits per heavy atom. The number of ether oxygens (including phenoxy) is 1. The van der Waals surface area contributed by atoms with Crippen molar-refractivity contribution in [3.63, 3.8) is 0 Å². The molecule has 1 saturated carbocycles. The van der Waals surface area contributed by atoms with Crippen LogP contribution in [0.2, 0.25) is 0 Å². The van der Waals surface area contributed by atoms with Gasteiger partial charge in [0.25, 0.3) is 0 Å². The van der Waals surface area contributed by atoms with Crippen molar-refractivity contribution in [3.8, 4) is 0 Å². The third kappa shape index (κ3) is 1.32. The minimum absolute atomic E-state index is 0.0127. The van der Waals surface area contributed by atoms with Gasteiger partial charge in [0.15, 0.2) is 0 Å². The summed E-state index contributed by atoms with van der Waals surface area (Å²) in [5.74, 6) is 0.601. The van der Waals surface area contributed by atoms with Crippen LogP contribution in [0.4, 0.5) is 0 Å². The predicted octanol–water partition coefficient (Wildman–Crippen LogP) is 0.936. The van der Waals surface area contributed by atoms with E-state index in [-0.39, 0.29) is 6.10 Å². The maximum atomic E-state index is 9.20. The molecule has 1 saturated heterocycles. The quantitative estimate of drug-likeness (QED) is 0.595. The first-order valence-electron chi connectivity index (χ1n) is 4.16. The summed E-state index contributed by atoms with van der Waals surface area (Å²) in [7, 11) is 0. The Kier molecular flexibility index (Phi) is 1.66. The fourth-order valence-electron chi connectivity index (χ4n) is 1.52. The fraction of sp³-hybridized carbons (Fsp3) is 1.00. The lowest BCUT2D eigenvalue weighted by molar-refractivity contribution is 0.0175. The van der Waals surface area contributed by atoms with Crippen molar-refractivity contribution in [1.82, 2.24) is 0 Å². The van der Waals surface area contributed by atoms with Crippen LogP contribution >= 0.6 is 0 Å². The van der Waals surface area contributed by atoms with Gasteiger partial charge in [-0.2, -0.15) is 0 Å². The molecule has 58 valence electrons. The molecule has 0 radical (unpaired) electrons. The highest BCUT2D eigenvalue weighted by atomic mass is 16.6. The van der Waals surface area contributed by atoms with Crippen molar-refractivity contribution in [2.24, 2.45) is 5.92 Å². The van der Waals surface area contributed by atoms with E-state index < -0.39 is 0 Å². The number of aliphatic hydroxyl groups excluding tert-OH is 1. The highest BCUT2D eigenvalue weighted by molar-refractivity contribution is 4.82. The van der Waals surface area contributed by atoms with Gasteiger partial charge in [-0.15, -0.1) is 0 Å². The molecule has 1 heterocycles.